The zero-order valence-corrected chi connectivity index (χ0v) is 8.37. The molecule has 0 aliphatic heterocycles. The molecule has 1 heterocycles. The quantitative estimate of drug-likeness (QED) is 0.720. The molecule has 2 aromatic rings. The predicted octanol–water partition coefficient (Wildman–Crippen LogP) is 3.10. The molecule has 0 unspecified atom stereocenters. The van der Waals surface area contributed by atoms with Crippen LogP contribution in [-0.2, 0) is 0 Å². The Kier molecular flexibility index (Phi) is 2.12. The SMILES string of the molecule is CC(C)c1ccc2cc(C=O)[nH]c2c1. The fourth-order valence-electron chi connectivity index (χ4n) is 1.59. The van der Waals surface area contributed by atoms with E-state index in [1.165, 1.54) is 5.56 Å². The van der Waals surface area contributed by atoms with E-state index in [9.17, 15) is 4.79 Å². The largest absolute Gasteiger partial charge is 0.352 e. The third-order valence-electron chi connectivity index (χ3n) is 2.46. The number of H-pyrrole nitrogens is 1. The third kappa shape index (κ3) is 1.43. The minimum absolute atomic E-state index is 0.516. The summed E-state index contributed by atoms with van der Waals surface area (Å²) in [7, 11) is 0. The first kappa shape index (κ1) is 9.00. The summed E-state index contributed by atoms with van der Waals surface area (Å²) in [5.41, 5.74) is 2.97. The van der Waals surface area contributed by atoms with Gasteiger partial charge < -0.3 is 4.98 Å². The highest BCUT2D eigenvalue weighted by atomic mass is 16.1. The third-order valence-corrected chi connectivity index (χ3v) is 2.46. The van der Waals surface area contributed by atoms with Gasteiger partial charge >= 0.3 is 0 Å². The standard InChI is InChI=1S/C12H13NO/c1-8(2)9-3-4-10-5-11(7-14)13-12(10)6-9/h3-8,13H,1-2H3. The summed E-state index contributed by atoms with van der Waals surface area (Å²) in [6.07, 6.45) is 0.842. The topological polar surface area (TPSA) is 32.9 Å². The van der Waals surface area contributed by atoms with Gasteiger partial charge in [0.15, 0.2) is 6.29 Å². The molecule has 2 heteroatoms. The number of benzene rings is 1. The summed E-state index contributed by atoms with van der Waals surface area (Å²) in [6.45, 7) is 4.31. The Morgan fingerprint density at radius 2 is 2.07 bits per heavy atom. The Bertz CT molecular complexity index is 468. The summed E-state index contributed by atoms with van der Waals surface area (Å²) in [5.74, 6) is 0.516. The summed E-state index contributed by atoms with van der Waals surface area (Å²) >= 11 is 0. The van der Waals surface area contributed by atoms with Crippen molar-refractivity contribution in [2.45, 2.75) is 19.8 Å². The average Bonchev–Trinajstić information content (AvgIpc) is 2.58. The van der Waals surface area contributed by atoms with E-state index in [2.05, 4.69) is 31.0 Å². The number of fused-ring (bicyclic) bond motifs is 1. The molecular formula is C12H13NO. The second-order valence-electron chi connectivity index (χ2n) is 3.84. The van der Waals surface area contributed by atoms with Crippen molar-refractivity contribution < 1.29 is 4.79 Å². The van der Waals surface area contributed by atoms with Crippen LogP contribution in [0, 0.1) is 0 Å². The number of aldehydes is 1. The van der Waals surface area contributed by atoms with Crippen molar-refractivity contribution in [3.8, 4) is 0 Å². The van der Waals surface area contributed by atoms with E-state index in [1.54, 1.807) is 0 Å². The van der Waals surface area contributed by atoms with Gasteiger partial charge in [-0.1, -0.05) is 26.0 Å². The molecule has 1 N–H and O–H groups in total. The molecule has 0 amide bonds. The normalized spacial score (nSPS) is 11.1. The maximum Gasteiger partial charge on any atom is 0.166 e. The number of carbonyl (C=O) groups is 1. The van der Waals surface area contributed by atoms with E-state index in [1.807, 2.05) is 12.1 Å². The average molecular weight is 187 g/mol. The molecule has 2 rings (SSSR count). The molecule has 0 bridgehead atoms. The number of carbonyl (C=O) groups excluding carboxylic acids is 1. The highest BCUT2D eigenvalue weighted by Crippen LogP contribution is 2.21. The first-order valence-electron chi connectivity index (χ1n) is 4.78. The van der Waals surface area contributed by atoms with Gasteiger partial charge in [-0.2, -0.15) is 0 Å². The van der Waals surface area contributed by atoms with Crippen LogP contribution >= 0.6 is 0 Å². The second-order valence-corrected chi connectivity index (χ2v) is 3.84. The van der Waals surface area contributed by atoms with Gasteiger partial charge in [0.2, 0.25) is 0 Å². The molecule has 72 valence electrons. The highest BCUT2D eigenvalue weighted by Gasteiger charge is 2.03. The first-order valence-corrected chi connectivity index (χ1v) is 4.78. The van der Waals surface area contributed by atoms with Crippen LogP contribution in [0.3, 0.4) is 0 Å². The van der Waals surface area contributed by atoms with E-state index >= 15 is 0 Å². The zero-order chi connectivity index (χ0) is 10.1. The molecular weight excluding hydrogens is 174 g/mol. The van der Waals surface area contributed by atoms with Crippen LogP contribution in [0.1, 0.15) is 35.8 Å². The van der Waals surface area contributed by atoms with Gasteiger partial charge in [-0.25, -0.2) is 0 Å². The van der Waals surface area contributed by atoms with Crippen molar-refractivity contribution in [1.29, 1.82) is 0 Å². The molecule has 0 radical (unpaired) electrons. The van der Waals surface area contributed by atoms with Crippen LogP contribution in [0.2, 0.25) is 0 Å². The van der Waals surface area contributed by atoms with Crippen molar-refractivity contribution in [3.63, 3.8) is 0 Å². The summed E-state index contributed by atoms with van der Waals surface area (Å²) in [5, 5.41) is 1.09. The van der Waals surface area contributed by atoms with E-state index in [-0.39, 0.29) is 0 Å². The molecule has 0 atom stereocenters. The predicted molar refractivity (Wildman–Crippen MR) is 57.8 cm³/mol. The number of hydrogen-bond donors (Lipinski definition) is 1. The maximum absolute atomic E-state index is 10.6. The van der Waals surface area contributed by atoms with Crippen LogP contribution in [0.15, 0.2) is 24.3 Å². The van der Waals surface area contributed by atoms with Crippen molar-refractivity contribution >= 4 is 17.2 Å². The van der Waals surface area contributed by atoms with Crippen LogP contribution in [-0.4, -0.2) is 11.3 Å². The molecule has 14 heavy (non-hydrogen) atoms. The van der Waals surface area contributed by atoms with Crippen molar-refractivity contribution in [2.24, 2.45) is 0 Å². The van der Waals surface area contributed by atoms with E-state index in [0.717, 1.165) is 17.2 Å². The number of aromatic amines is 1. The minimum atomic E-state index is 0.516. The molecule has 1 aromatic heterocycles. The maximum atomic E-state index is 10.6. The van der Waals surface area contributed by atoms with Gasteiger partial charge in [-0.15, -0.1) is 0 Å². The van der Waals surface area contributed by atoms with E-state index < -0.39 is 0 Å². The Balaban J connectivity index is 2.59. The molecule has 0 saturated heterocycles. The summed E-state index contributed by atoms with van der Waals surface area (Å²) in [6, 6.07) is 8.13. The van der Waals surface area contributed by atoms with Crippen molar-refractivity contribution in [1.82, 2.24) is 4.98 Å². The number of hydrogen-bond acceptors (Lipinski definition) is 1. The number of rotatable bonds is 2. The van der Waals surface area contributed by atoms with Gasteiger partial charge in [0.25, 0.3) is 0 Å². The molecule has 2 nitrogen and oxygen atoms in total. The number of aromatic nitrogens is 1. The molecule has 0 saturated carbocycles. The molecule has 1 aromatic carbocycles. The van der Waals surface area contributed by atoms with Gasteiger partial charge in [-0.05, 0) is 23.6 Å². The van der Waals surface area contributed by atoms with Gasteiger partial charge in [0.1, 0.15) is 0 Å². The van der Waals surface area contributed by atoms with Crippen LogP contribution in [0.4, 0.5) is 0 Å². The second kappa shape index (κ2) is 3.29. The Hall–Kier alpha value is -1.57. The first-order chi connectivity index (χ1) is 6.70. The van der Waals surface area contributed by atoms with Crippen LogP contribution < -0.4 is 0 Å². The van der Waals surface area contributed by atoms with Crippen LogP contribution in [0.5, 0.6) is 0 Å². The Morgan fingerprint density at radius 3 is 2.71 bits per heavy atom. The minimum Gasteiger partial charge on any atom is -0.352 e. The van der Waals surface area contributed by atoms with E-state index in [4.69, 9.17) is 0 Å². The van der Waals surface area contributed by atoms with Gasteiger partial charge in [0.05, 0.1) is 5.69 Å². The Labute approximate surface area is 82.9 Å². The van der Waals surface area contributed by atoms with Crippen molar-refractivity contribution in [3.05, 3.63) is 35.5 Å². The number of nitrogens with one attached hydrogen (secondary N) is 1. The van der Waals surface area contributed by atoms with Crippen molar-refractivity contribution in [2.75, 3.05) is 0 Å². The lowest BCUT2D eigenvalue weighted by atomic mass is 10.0. The summed E-state index contributed by atoms with van der Waals surface area (Å²) < 4.78 is 0. The molecule has 0 aliphatic rings. The van der Waals surface area contributed by atoms with Gasteiger partial charge in [0, 0.05) is 10.9 Å². The highest BCUT2D eigenvalue weighted by molar-refractivity contribution is 5.88. The Morgan fingerprint density at radius 1 is 1.29 bits per heavy atom. The van der Waals surface area contributed by atoms with Gasteiger partial charge in [-0.3, -0.25) is 4.79 Å². The van der Waals surface area contributed by atoms with Crippen LogP contribution in [0.25, 0.3) is 10.9 Å². The molecule has 0 spiro atoms. The molecule has 0 fully saturated rings. The lowest BCUT2D eigenvalue weighted by Gasteiger charge is -2.03. The zero-order valence-electron chi connectivity index (χ0n) is 8.37. The lowest BCUT2D eigenvalue weighted by molar-refractivity contribution is 0.112. The fourth-order valence-corrected chi connectivity index (χ4v) is 1.59. The lowest BCUT2D eigenvalue weighted by Crippen LogP contribution is -1.85. The fraction of sp³-hybridized carbons (Fsp3) is 0.250. The monoisotopic (exact) mass is 187 g/mol. The van der Waals surface area contributed by atoms with E-state index in [0.29, 0.717) is 11.6 Å². The molecule has 0 aliphatic carbocycles. The summed E-state index contributed by atoms with van der Waals surface area (Å²) in [4.78, 5) is 13.6. The smallest absolute Gasteiger partial charge is 0.166 e.